The van der Waals surface area contributed by atoms with Gasteiger partial charge >= 0.3 is 0 Å². The van der Waals surface area contributed by atoms with Gasteiger partial charge in [0.15, 0.2) is 0 Å². The molecule has 18 heavy (non-hydrogen) atoms. The first kappa shape index (κ1) is 14.9. The van der Waals surface area contributed by atoms with E-state index in [1.807, 2.05) is 12.3 Å². The molecular weight excluding hydrogens is 268 g/mol. The van der Waals surface area contributed by atoms with Crippen LogP contribution in [0.25, 0.3) is 0 Å². The van der Waals surface area contributed by atoms with E-state index in [2.05, 4.69) is 17.2 Å². The van der Waals surface area contributed by atoms with Crippen molar-refractivity contribution in [2.24, 2.45) is 5.73 Å². The van der Waals surface area contributed by atoms with Crippen LogP contribution in [0.5, 0.6) is 0 Å². The molecule has 0 aliphatic heterocycles. The lowest BCUT2D eigenvalue weighted by molar-refractivity contribution is 0.0960. The first-order chi connectivity index (χ1) is 8.69. The molecule has 6 heteroatoms. The third-order valence-corrected chi connectivity index (χ3v) is 4.35. The number of nitrogens with two attached hydrogens (primary N) is 1. The van der Waals surface area contributed by atoms with Gasteiger partial charge in [-0.1, -0.05) is 18.8 Å². The first-order valence-corrected chi connectivity index (χ1v) is 7.95. The van der Waals surface area contributed by atoms with E-state index in [1.165, 1.54) is 11.3 Å². The van der Waals surface area contributed by atoms with Crippen molar-refractivity contribution < 1.29 is 9.00 Å². The number of rotatable bonds is 5. The molecule has 0 saturated heterocycles. The summed E-state index contributed by atoms with van der Waals surface area (Å²) in [4.78, 5) is 12.4. The molecule has 3 N–H and O–H groups in total. The molecule has 0 fully saturated rings. The fourth-order valence-corrected chi connectivity index (χ4v) is 2.62. The summed E-state index contributed by atoms with van der Waals surface area (Å²) in [5, 5.41) is 4.57. The minimum Gasteiger partial charge on any atom is -0.350 e. The normalized spacial score (nSPS) is 11.4. The third-order valence-electron chi connectivity index (χ3n) is 2.13. The van der Waals surface area contributed by atoms with Crippen LogP contribution in [0.3, 0.4) is 0 Å². The average Bonchev–Trinajstić information content (AvgIpc) is 2.84. The Morgan fingerprint density at radius 1 is 1.61 bits per heavy atom. The molecule has 0 spiro atoms. The van der Waals surface area contributed by atoms with E-state index in [9.17, 15) is 9.00 Å². The van der Waals surface area contributed by atoms with Crippen molar-refractivity contribution in [2.45, 2.75) is 6.92 Å². The van der Waals surface area contributed by atoms with Gasteiger partial charge in [0.1, 0.15) is 4.88 Å². The van der Waals surface area contributed by atoms with Crippen molar-refractivity contribution >= 4 is 28.0 Å². The fraction of sp³-hybridized carbons (Fsp3) is 0.417. The second kappa shape index (κ2) is 8.03. The van der Waals surface area contributed by atoms with E-state index in [-0.39, 0.29) is 12.5 Å². The molecule has 0 bridgehead atoms. The highest BCUT2D eigenvalue weighted by atomic mass is 32.2. The minimum absolute atomic E-state index is 0.167. The van der Waals surface area contributed by atoms with Crippen LogP contribution in [0.15, 0.2) is 11.4 Å². The molecule has 1 atom stereocenters. The van der Waals surface area contributed by atoms with Crippen molar-refractivity contribution in [3.05, 3.63) is 21.9 Å². The van der Waals surface area contributed by atoms with E-state index in [1.54, 1.807) is 6.07 Å². The number of hydrogen-bond acceptors (Lipinski definition) is 4. The number of thiophene rings is 1. The topological polar surface area (TPSA) is 72.2 Å². The van der Waals surface area contributed by atoms with Crippen LogP contribution in [-0.4, -0.2) is 34.7 Å². The standard InChI is InChI=1S/C12H16N2O2S2/c1-2-18(16)9-7-14-12(15)11-10(4-3-6-13)5-8-17-11/h5,8H,2,6-7,9,13H2,1H3,(H,14,15). The van der Waals surface area contributed by atoms with Crippen LogP contribution in [0.1, 0.15) is 22.2 Å². The number of nitrogens with one attached hydrogen (secondary N) is 1. The van der Waals surface area contributed by atoms with Gasteiger partial charge in [0.05, 0.1) is 6.54 Å². The minimum atomic E-state index is -0.856. The zero-order valence-corrected chi connectivity index (χ0v) is 11.8. The Balaban J connectivity index is 2.56. The third kappa shape index (κ3) is 4.61. The van der Waals surface area contributed by atoms with E-state index >= 15 is 0 Å². The summed E-state index contributed by atoms with van der Waals surface area (Å²) in [6.45, 7) is 2.55. The molecule has 98 valence electrons. The highest BCUT2D eigenvalue weighted by Gasteiger charge is 2.11. The molecule has 0 aliphatic carbocycles. The maximum Gasteiger partial charge on any atom is 0.262 e. The zero-order chi connectivity index (χ0) is 13.4. The molecule has 1 aromatic rings. The molecule has 1 rings (SSSR count). The summed E-state index contributed by atoms with van der Waals surface area (Å²) in [7, 11) is -0.856. The summed E-state index contributed by atoms with van der Waals surface area (Å²) in [6, 6.07) is 1.80. The van der Waals surface area contributed by atoms with Gasteiger partial charge in [0, 0.05) is 34.4 Å². The predicted molar refractivity (Wildman–Crippen MR) is 76.1 cm³/mol. The van der Waals surface area contributed by atoms with Crippen LogP contribution in [-0.2, 0) is 10.8 Å². The van der Waals surface area contributed by atoms with Gasteiger partial charge < -0.3 is 11.1 Å². The van der Waals surface area contributed by atoms with Crippen molar-refractivity contribution in [2.75, 3.05) is 24.6 Å². The Labute approximate surface area is 113 Å². The van der Waals surface area contributed by atoms with Gasteiger partial charge in [0.25, 0.3) is 5.91 Å². The molecule has 0 aliphatic rings. The number of amides is 1. The van der Waals surface area contributed by atoms with Crippen molar-refractivity contribution in [3.8, 4) is 11.8 Å². The van der Waals surface area contributed by atoms with Gasteiger partial charge in [-0.25, -0.2) is 0 Å². The number of hydrogen-bond donors (Lipinski definition) is 2. The maximum absolute atomic E-state index is 11.9. The second-order valence-corrected chi connectivity index (χ2v) is 6.14. The Morgan fingerprint density at radius 3 is 3.06 bits per heavy atom. The Hall–Kier alpha value is -1.16. The Morgan fingerprint density at radius 2 is 2.39 bits per heavy atom. The average molecular weight is 284 g/mol. The van der Waals surface area contributed by atoms with Gasteiger partial charge in [-0.3, -0.25) is 9.00 Å². The van der Waals surface area contributed by atoms with E-state index in [0.29, 0.717) is 28.5 Å². The summed E-state index contributed by atoms with van der Waals surface area (Å²) < 4.78 is 11.2. The van der Waals surface area contributed by atoms with Crippen molar-refractivity contribution in [1.82, 2.24) is 5.32 Å². The largest absolute Gasteiger partial charge is 0.350 e. The van der Waals surface area contributed by atoms with E-state index < -0.39 is 10.8 Å². The summed E-state index contributed by atoms with van der Waals surface area (Å²) in [6.07, 6.45) is 0. The lowest BCUT2D eigenvalue weighted by Gasteiger charge is -2.03. The van der Waals surface area contributed by atoms with Crippen LogP contribution in [0.4, 0.5) is 0 Å². The highest BCUT2D eigenvalue weighted by Crippen LogP contribution is 2.15. The lowest BCUT2D eigenvalue weighted by atomic mass is 10.2. The SMILES string of the molecule is CCS(=O)CCNC(=O)c1sccc1C#CCN. The molecule has 0 radical (unpaired) electrons. The lowest BCUT2D eigenvalue weighted by Crippen LogP contribution is -2.27. The smallest absolute Gasteiger partial charge is 0.262 e. The van der Waals surface area contributed by atoms with Crippen LogP contribution in [0.2, 0.25) is 0 Å². The second-order valence-electron chi connectivity index (χ2n) is 3.36. The Kier molecular flexibility index (Phi) is 6.65. The van der Waals surface area contributed by atoms with Crippen LogP contribution in [0, 0.1) is 11.8 Å². The van der Waals surface area contributed by atoms with Gasteiger partial charge in [-0.2, -0.15) is 0 Å². The Bertz CT molecular complexity index is 486. The van der Waals surface area contributed by atoms with Crippen LogP contribution >= 0.6 is 11.3 Å². The highest BCUT2D eigenvalue weighted by molar-refractivity contribution is 7.84. The molecule has 0 saturated carbocycles. The first-order valence-electron chi connectivity index (χ1n) is 5.58. The number of carbonyl (C=O) groups is 1. The van der Waals surface area contributed by atoms with Crippen molar-refractivity contribution in [1.29, 1.82) is 0 Å². The van der Waals surface area contributed by atoms with Crippen molar-refractivity contribution in [3.63, 3.8) is 0 Å². The van der Waals surface area contributed by atoms with E-state index in [0.717, 1.165) is 0 Å². The summed E-state index contributed by atoms with van der Waals surface area (Å²) in [5.74, 6) is 6.51. The molecule has 1 amide bonds. The molecule has 1 heterocycles. The fourth-order valence-electron chi connectivity index (χ4n) is 1.23. The predicted octanol–water partition coefficient (Wildman–Crippen LogP) is 0.557. The maximum atomic E-state index is 11.9. The molecule has 1 aromatic heterocycles. The van der Waals surface area contributed by atoms with E-state index in [4.69, 9.17) is 5.73 Å². The quantitative estimate of drug-likeness (QED) is 0.776. The summed E-state index contributed by atoms with van der Waals surface area (Å²) in [5.41, 5.74) is 5.99. The van der Waals surface area contributed by atoms with Gasteiger partial charge in [0.2, 0.25) is 0 Å². The molecule has 4 nitrogen and oxygen atoms in total. The van der Waals surface area contributed by atoms with Crippen LogP contribution < -0.4 is 11.1 Å². The molecule has 0 aromatic carbocycles. The zero-order valence-electron chi connectivity index (χ0n) is 10.2. The molecule has 1 unspecified atom stereocenters. The van der Waals surface area contributed by atoms with Gasteiger partial charge in [-0.15, -0.1) is 11.3 Å². The monoisotopic (exact) mass is 284 g/mol. The van der Waals surface area contributed by atoms with Gasteiger partial charge in [-0.05, 0) is 11.4 Å². The molecular formula is C12H16N2O2S2. The number of carbonyl (C=O) groups excluding carboxylic acids is 1. The summed E-state index contributed by atoms with van der Waals surface area (Å²) >= 11 is 1.34.